The zero-order chi connectivity index (χ0) is 12.8. The van der Waals surface area contributed by atoms with Gasteiger partial charge in [-0.25, -0.2) is 0 Å². The predicted octanol–water partition coefficient (Wildman–Crippen LogP) is 1.65. The smallest absolute Gasteiger partial charge is 0.195 e. The lowest BCUT2D eigenvalue weighted by atomic mass is 10.2. The first-order chi connectivity index (χ1) is 8.07. The minimum Gasteiger partial charge on any atom is -0.383 e. The van der Waals surface area contributed by atoms with Gasteiger partial charge in [-0.1, -0.05) is 0 Å². The van der Waals surface area contributed by atoms with Crippen molar-refractivity contribution in [3.63, 3.8) is 0 Å². The standard InChI is InChI=1S/C11H18BrN3O2/c1-8(2)15-11(9(12)6-14-15)10(16)7-13-4-5-17-3/h6,8,13H,4-5,7H2,1-3H3. The highest BCUT2D eigenvalue weighted by Crippen LogP contribution is 2.19. The van der Waals surface area contributed by atoms with Gasteiger partial charge in [0.2, 0.25) is 0 Å². The first kappa shape index (κ1) is 14.3. The number of rotatable bonds is 7. The molecule has 0 bridgehead atoms. The summed E-state index contributed by atoms with van der Waals surface area (Å²) in [5.74, 6) is 0.0270. The number of nitrogens with one attached hydrogen (secondary N) is 1. The second-order valence-electron chi connectivity index (χ2n) is 3.97. The molecule has 0 fully saturated rings. The van der Waals surface area contributed by atoms with Crippen LogP contribution < -0.4 is 5.32 Å². The Balaban J connectivity index is 2.65. The molecule has 0 spiro atoms. The minimum atomic E-state index is 0.0270. The molecule has 6 heteroatoms. The summed E-state index contributed by atoms with van der Waals surface area (Å²) in [5, 5.41) is 7.21. The van der Waals surface area contributed by atoms with Crippen LogP contribution >= 0.6 is 15.9 Å². The zero-order valence-electron chi connectivity index (χ0n) is 10.4. The van der Waals surface area contributed by atoms with Crippen LogP contribution in [0.3, 0.4) is 0 Å². The summed E-state index contributed by atoms with van der Waals surface area (Å²) in [6.07, 6.45) is 1.66. The van der Waals surface area contributed by atoms with Crippen LogP contribution in [0.15, 0.2) is 10.7 Å². The Morgan fingerprint density at radius 1 is 1.65 bits per heavy atom. The van der Waals surface area contributed by atoms with Gasteiger partial charge in [0.1, 0.15) is 5.69 Å². The number of ketones is 1. The lowest BCUT2D eigenvalue weighted by molar-refractivity contribution is 0.0974. The largest absolute Gasteiger partial charge is 0.383 e. The van der Waals surface area contributed by atoms with Gasteiger partial charge >= 0.3 is 0 Å². The van der Waals surface area contributed by atoms with E-state index in [1.54, 1.807) is 18.0 Å². The van der Waals surface area contributed by atoms with Crippen molar-refractivity contribution in [3.05, 3.63) is 16.4 Å². The molecule has 0 aromatic carbocycles. The molecule has 0 aliphatic heterocycles. The van der Waals surface area contributed by atoms with Crippen molar-refractivity contribution < 1.29 is 9.53 Å². The van der Waals surface area contributed by atoms with Crippen LogP contribution in [-0.2, 0) is 4.74 Å². The van der Waals surface area contributed by atoms with Gasteiger partial charge < -0.3 is 10.1 Å². The summed E-state index contributed by atoms with van der Waals surface area (Å²) in [6.45, 7) is 5.54. The fourth-order valence-corrected chi connectivity index (χ4v) is 1.95. The number of carbonyl (C=O) groups is 1. The Bertz CT molecular complexity index is 377. The molecule has 0 saturated carbocycles. The fraction of sp³-hybridized carbons (Fsp3) is 0.636. The number of hydrogen-bond acceptors (Lipinski definition) is 4. The van der Waals surface area contributed by atoms with Gasteiger partial charge in [-0.2, -0.15) is 5.10 Å². The van der Waals surface area contributed by atoms with E-state index in [1.807, 2.05) is 13.8 Å². The molecule has 0 atom stereocenters. The Hall–Kier alpha value is -0.720. The summed E-state index contributed by atoms with van der Waals surface area (Å²) in [7, 11) is 1.63. The van der Waals surface area contributed by atoms with E-state index in [0.29, 0.717) is 25.4 Å². The van der Waals surface area contributed by atoms with Gasteiger partial charge in [0.15, 0.2) is 5.78 Å². The predicted molar refractivity (Wildman–Crippen MR) is 69.4 cm³/mol. The molecule has 5 nitrogen and oxygen atoms in total. The first-order valence-electron chi connectivity index (χ1n) is 5.53. The van der Waals surface area contributed by atoms with Crippen LogP contribution in [0.1, 0.15) is 30.4 Å². The van der Waals surface area contributed by atoms with E-state index in [2.05, 4.69) is 26.3 Å². The third-order valence-electron chi connectivity index (χ3n) is 2.27. The van der Waals surface area contributed by atoms with Crippen molar-refractivity contribution in [2.45, 2.75) is 19.9 Å². The summed E-state index contributed by atoms with van der Waals surface area (Å²) in [6, 6.07) is 0.166. The Labute approximate surface area is 110 Å². The van der Waals surface area contributed by atoms with Crippen molar-refractivity contribution in [2.75, 3.05) is 26.8 Å². The van der Waals surface area contributed by atoms with Gasteiger partial charge in [0.25, 0.3) is 0 Å². The van der Waals surface area contributed by atoms with Gasteiger partial charge in [-0.15, -0.1) is 0 Å². The third-order valence-corrected chi connectivity index (χ3v) is 2.85. The topological polar surface area (TPSA) is 56.1 Å². The Morgan fingerprint density at radius 2 is 2.35 bits per heavy atom. The molecule has 1 rings (SSSR count). The second-order valence-corrected chi connectivity index (χ2v) is 4.83. The lowest BCUT2D eigenvalue weighted by Gasteiger charge is -2.11. The van der Waals surface area contributed by atoms with Gasteiger partial charge in [0, 0.05) is 19.7 Å². The molecule has 0 aliphatic rings. The number of nitrogens with zero attached hydrogens (tertiary/aromatic N) is 2. The van der Waals surface area contributed by atoms with Gasteiger partial charge in [-0.05, 0) is 29.8 Å². The molecule has 96 valence electrons. The Kier molecular flexibility index (Phi) is 5.80. The van der Waals surface area contributed by atoms with Crippen molar-refractivity contribution >= 4 is 21.7 Å². The van der Waals surface area contributed by atoms with Crippen molar-refractivity contribution in [1.82, 2.24) is 15.1 Å². The van der Waals surface area contributed by atoms with Crippen LogP contribution in [0, 0.1) is 0 Å². The van der Waals surface area contributed by atoms with Crippen molar-refractivity contribution in [3.8, 4) is 0 Å². The monoisotopic (exact) mass is 303 g/mol. The van der Waals surface area contributed by atoms with Crippen molar-refractivity contribution in [2.24, 2.45) is 0 Å². The normalized spacial score (nSPS) is 11.1. The fourth-order valence-electron chi connectivity index (χ4n) is 1.45. The van der Waals surface area contributed by atoms with Crippen LogP contribution in [0.25, 0.3) is 0 Å². The molecule has 0 aliphatic carbocycles. The lowest BCUT2D eigenvalue weighted by Crippen LogP contribution is -2.28. The number of ether oxygens (including phenoxy) is 1. The van der Waals surface area contributed by atoms with Gasteiger partial charge in [0.05, 0.1) is 23.8 Å². The molecule has 1 heterocycles. The van der Waals surface area contributed by atoms with E-state index in [9.17, 15) is 4.79 Å². The van der Waals surface area contributed by atoms with Crippen molar-refractivity contribution in [1.29, 1.82) is 0 Å². The summed E-state index contributed by atoms with van der Waals surface area (Å²) in [4.78, 5) is 12.0. The number of halogens is 1. The number of hydrogen-bond donors (Lipinski definition) is 1. The average Bonchev–Trinajstić information content (AvgIpc) is 2.66. The van der Waals surface area contributed by atoms with E-state index in [-0.39, 0.29) is 11.8 Å². The number of methoxy groups -OCH3 is 1. The molecule has 0 amide bonds. The van der Waals surface area contributed by atoms with E-state index in [0.717, 1.165) is 4.47 Å². The highest BCUT2D eigenvalue weighted by molar-refractivity contribution is 9.10. The van der Waals surface area contributed by atoms with E-state index in [4.69, 9.17) is 4.74 Å². The van der Waals surface area contributed by atoms with Crippen LogP contribution in [0.5, 0.6) is 0 Å². The molecular formula is C11H18BrN3O2. The SMILES string of the molecule is COCCNCC(=O)c1c(Br)cnn1C(C)C. The maximum atomic E-state index is 12.0. The molecule has 1 aromatic rings. The molecule has 1 aromatic heterocycles. The molecule has 0 saturated heterocycles. The summed E-state index contributed by atoms with van der Waals surface area (Å²) < 4.78 is 7.37. The maximum absolute atomic E-state index is 12.0. The van der Waals surface area contributed by atoms with Gasteiger partial charge in [-0.3, -0.25) is 9.48 Å². The molecule has 1 N–H and O–H groups in total. The van der Waals surface area contributed by atoms with Crippen LogP contribution in [0.2, 0.25) is 0 Å². The quantitative estimate of drug-likeness (QED) is 0.615. The number of aromatic nitrogens is 2. The maximum Gasteiger partial charge on any atom is 0.195 e. The third kappa shape index (κ3) is 3.90. The van der Waals surface area contributed by atoms with Crippen LogP contribution in [-0.4, -0.2) is 42.4 Å². The molecule has 0 unspecified atom stereocenters. The number of carbonyl (C=O) groups excluding carboxylic acids is 1. The molecule has 0 radical (unpaired) electrons. The average molecular weight is 304 g/mol. The molecular weight excluding hydrogens is 286 g/mol. The van der Waals surface area contributed by atoms with E-state index < -0.39 is 0 Å². The first-order valence-corrected chi connectivity index (χ1v) is 6.33. The minimum absolute atomic E-state index is 0.0270. The van der Waals surface area contributed by atoms with E-state index >= 15 is 0 Å². The molecule has 17 heavy (non-hydrogen) atoms. The zero-order valence-corrected chi connectivity index (χ0v) is 12.0. The summed E-state index contributed by atoms with van der Waals surface area (Å²) in [5.41, 5.74) is 0.616. The highest BCUT2D eigenvalue weighted by atomic mass is 79.9. The van der Waals surface area contributed by atoms with E-state index in [1.165, 1.54) is 0 Å². The summed E-state index contributed by atoms with van der Waals surface area (Å²) >= 11 is 3.35. The Morgan fingerprint density at radius 3 is 2.94 bits per heavy atom. The second kappa shape index (κ2) is 6.88. The number of Topliss-reactive ketones (excluding diaryl/α,β-unsaturated/α-hetero) is 1. The van der Waals surface area contributed by atoms with Crippen LogP contribution in [0.4, 0.5) is 0 Å². The highest BCUT2D eigenvalue weighted by Gasteiger charge is 2.18.